The summed E-state index contributed by atoms with van der Waals surface area (Å²) >= 11 is 0. The van der Waals surface area contributed by atoms with Gasteiger partial charge in [0, 0.05) is 27.3 Å². The number of rotatable bonds is 12. The van der Waals surface area contributed by atoms with Gasteiger partial charge in [-0.15, -0.1) is 0 Å². The van der Waals surface area contributed by atoms with Crippen molar-refractivity contribution in [3.05, 3.63) is 0 Å². The van der Waals surface area contributed by atoms with Crippen LogP contribution < -0.4 is 0 Å². The Morgan fingerprint density at radius 3 is 1.44 bits per heavy atom. The standard InChI is InChI=1S/C10H23NO5.C2H6/c1-13-7-9-15-5-3-11(12)4-6-16-10-8-14-2;1-2/h12H,3-10H2,1-2H3;1-2H3. The van der Waals surface area contributed by atoms with Crippen LogP contribution in [0.1, 0.15) is 13.8 Å². The number of nitrogens with zero attached hydrogens (tertiary/aromatic N) is 1. The Kier molecular flexibility index (Phi) is 21.3. The van der Waals surface area contributed by atoms with Crippen molar-refractivity contribution in [3.63, 3.8) is 0 Å². The Hall–Kier alpha value is -0.240. The molecule has 0 spiro atoms. The van der Waals surface area contributed by atoms with Gasteiger partial charge in [0.1, 0.15) is 0 Å². The quantitative estimate of drug-likeness (QED) is 0.421. The number of methoxy groups -OCH3 is 2. The third-order valence-electron chi connectivity index (χ3n) is 1.85. The first-order chi connectivity index (χ1) is 8.81. The maximum absolute atomic E-state index is 9.37. The summed E-state index contributed by atoms with van der Waals surface area (Å²) in [6.07, 6.45) is 0. The molecule has 0 unspecified atom stereocenters. The molecule has 0 heterocycles. The minimum atomic E-state index is 0.470. The van der Waals surface area contributed by atoms with Gasteiger partial charge in [0.15, 0.2) is 0 Å². The van der Waals surface area contributed by atoms with Gasteiger partial charge in [0.2, 0.25) is 0 Å². The molecule has 6 heteroatoms. The highest BCUT2D eigenvalue weighted by molar-refractivity contribution is 4.44. The summed E-state index contributed by atoms with van der Waals surface area (Å²) in [5, 5.41) is 10.6. The number of hydroxylamine groups is 2. The topological polar surface area (TPSA) is 60.4 Å². The fraction of sp³-hybridized carbons (Fsp3) is 1.00. The fourth-order valence-electron chi connectivity index (χ4n) is 0.940. The van der Waals surface area contributed by atoms with Crippen LogP contribution in [0.5, 0.6) is 0 Å². The molecule has 1 N–H and O–H groups in total. The van der Waals surface area contributed by atoms with Gasteiger partial charge in [-0.2, -0.15) is 5.06 Å². The molecule has 6 nitrogen and oxygen atoms in total. The Labute approximate surface area is 111 Å². The summed E-state index contributed by atoms with van der Waals surface area (Å²) in [6.45, 7) is 8.16. The Balaban J connectivity index is 0. The second-order valence-corrected chi connectivity index (χ2v) is 3.16. The number of hydrogen-bond donors (Lipinski definition) is 1. The summed E-state index contributed by atoms with van der Waals surface area (Å²) in [4.78, 5) is 0. The van der Waals surface area contributed by atoms with Crippen molar-refractivity contribution in [1.29, 1.82) is 0 Å². The molecule has 0 atom stereocenters. The van der Waals surface area contributed by atoms with E-state index in [2.05, 4.69) is 0 Å². The van der Waals surface area contributed by atoms with E-state index in [1.165, 1.54) is 5.06 Å². The van der Waals surface area contributed by atoms with E-state index in [0.29, 0.717) is 52.7 Å². The normalized spacial score (nSPS) is 10.3. The van der Waals surface area contributed by atoms with Gasteiger partial charge < -0.3 is 24.2 Å². The average Bonchev–Trinajstić information content (AvgIpc) is 2.40. The second-order valence-electron chi connectivity index (χ2n) is 3.16. The van der Waals surface area contributed by atoms with Crippen molar-refractivity contribution < 1.29 is 24.2 Å². The summed E-state index contributed by atoms with van der Waals surface area (Å²) in [7, 11) is 3.25. The maximum atomic E-state index is 9.37. The highest BCUT2D eigenvalue weighted by Gasteiger charge is 1.99. The van der Waals surface area contributed by atoms with Gasteiger partial charge >= 0.3 is 0 Å². The van der Waals surface area contributed by atoms with Crippen molar-refractivity contribution in [2.45, 2.75) is 13.8 Å². The predicted molar refractivity (Wildman–Crippen MR) is 70.1 cm³/mol. The van der Waals surface area contributed by atoms with Crippen molar-refractivity contribution >= 4 is 0 Å². The van der Waals surface area contributed by atoms with E-state index < -0.39 is 0 Å². The summed E-state index contributed by atoms with van der Waals surface area (Å²) in [6, 6.07) is 0. The van der Waals surface area contributed by atoms with E-state index in [0.717, 1.165) is 0 Å². The van der Waals surface area contributed by atoms with E-state index in [4.69, 9.17) is 18.9 Å². The van der Waals surface area contributed by atoms with Crippen LogP contribution in [0.25, 0.3) is 0 Å². The van der Waals surface area contributed by atoms with Gasteiger partial charge in [0.05, 0.1) is 39.6 Å². The molecule has 0 radical (unpaired) electrons. The molecule has 112 valence electrons. The van der Waals surface area contributed by atoms with E-state index in [9.17, 15) is 5.21 Å². The lowest BCUT2D eigenvalue weighted by Crippen LogP contribution is -2.28. The lowest BCUT2D eigenvalue weighted by molar-refractivity contribution is -0.117. The second kappa shape index (κ2) is 19.1. The zero-order chi connectivity index (χ0) is 14.1. The molecule has 0 aromatic heterocycles. The average molecular weight is 267 g/mol. The van der Waals surface area contributed by atoms with Gasteiger partial charge in [-0.3, -0.25) is 0 Å². The van der Waals surface area contributed by atoms with Gasteiger partial charge in [-0.05, 0) is 0 Å². The van der Waals surface area contributed by atoms with Gasteiger partial charge in [0.25, 0.3) is 0 Å². The lowest BCUT2D eigenvalue weighted by Gasteiger charge is -2.14. The monoisotopic (exact) mass is 267 g/mol. The maximum Gasteiger partial charge on any atom is 0.0700 e. The molecule has 0 saturated heterocycles. The molecule has 0 saturated carbocycles. The van der Waals surface area contributed by atoms with E-state index in [1.807, 2.05) is 13.8 Å². The van der Waals surface area contributed by atoms with Crippen LogP contribution in [0.15, 0.2) is 0 Å². The summed E-state index contributed by atoms with van der Waals surface area (Å²) < 4.78 is 20.0. The van der Waals surface area contributed by atoms with Crippen LogP contribution in [0, 0.1) is 0 Å². The van der Waals surface area contributed by atoms with Crippen molar-refractivity contribution in [2.75, 3.05) is 67.0 Å². The van der Waals surface area contributed by atoms with Crippen molar-refractivity contribution in [3.8, 4) is 0 Å². The molecule has 0 rings (SSSR count). The van der Waals surface area contributed by atoms with Crippen LogP contribution in [-0.4, -0.2) is 77.2 Å². The van der Waals surface area contributed by atoms with E-state index in [-0.39, 0.29) is 0 Å². The zero-order valence-corrected chi connectivity index (χ0v) is 12.2. The molecule has 0 amide bonds. The van der Waals surface area contributed by atoms with E-state index >= 15 is 0 Å². The number of ether oxygens (including phenoxy) is 4. The SMILES string of the molecule is CC.COCCOCCN(O)CCOCCOC. The highest BCUT2D eigenvalue weighted by atomic mass is 16.5. The third-order valence-corrected chi connectivity index (χ3v) is 1.85. The third kappa shape index (κ3) is 18.1. The molecule has 0 aliphatic rings. The first kappa shape index (κ1) is 20.1. The van der Waals surface area contributed by atoms with Gasteiger partial charge in [-0.1, -0.05) is 13.8 Å². The minimum absolute atomic E-state index is 0.470. The van der Waals surface area contributed by atoms with Crippen LogP contribution >= 0.6 is 0 Å². The van der Waals surface area contributed by atoms with Crippen LogP contribution in [0.2, 0.25) is 0 Å². The van der Waals surface area contributed by atoms with Crippen LogP contribution in [-0.2, 0) is 18.9 Å². The highest BCUT2D eigenvalue weighted by Crippen LogP contribution is 1.85. The Bertz CT molecular complexity index is 124. The van der Waals surface area contributed by atoms with Crippen LogP contribution in [0.3, 0.4) is 0 Å². The van der Waals surface area contributed by atoms with E-state index in [1.54, 1.807) is 14.2 Å². The minimum Gasteiger partial charge on any atom is -0.382 e. The largest absolute Gasteiger partial charge is 0.382 e. The molecule has 0 aliphatic carbocycles. The molecule has 0 fully saturated rings. The Morgan fingerprint density at radius 1 is 0.722 bits per heavy atom. The van der Waals surface area contributed by atoms with Crippen molar-refractivity contribution in [1.82, 2.24) is 5.06 Å². The first-order valence-corrected chi connectivity index (χ1v) is 6.38. The van der Waals surface area contributed by atoms with Gasteiger partial charge in [-0.25, -0.2) is 0 Å². The molecule has 0 aromatic carbocycles. The summed E-state index contributed by atoms with van der Waals surface area (Å²) in [5.41, 5.74) is 0. The van der Waals surface area contributed by atoms with Crippen LogP contribution in [0.4, 0.5) is 0 Å². The molecule has 0 aromatic rings. The number of hydrogen-bond acceptors (Lipinski definition) is 6. The molecule has 0 aliphatic heterocycles. The molecule has 0 bridgehead atoms. The molecule has 18 heavy (non-hydrogen) atoms. The molecular weight excluding hydrogens is 238 g/mol. The first-order valence-electron chi connectivity index (χ1n) is 6.38. The Morgan fingerprint density at radius 2 is 1.11 bits per heavy atom. The summed E-state index contributed by atoms with van der Waals surface area (Å²) in [5.74, 6) is 0. The smallest absolute Gasteiger partial charge is 0.0700 e. The molecular formula is C12H29NO5. The predicted octanol–water partition coefficient (Wildman–Crippen LogP) is 1.03. The van der Waals surface area contributed by atoms with Crippen molar-refractivity contribution in [2.24, 2.45) is 0 Å². The lowest BCUT2D eigenvalue weighted by atomic mass is 10.6. The fourth-order valence-corrected chi connectivity index (χ4v) is 0.940. The zero-order valence-electron chi connectivity index (χ0n) is 12.2.